The second-order valence-corrected chi connectivity index (χ2v) is 5.12. The molecule has 2 amide bonds. The minimum atomic E-state index is -0.00852. The predicted octanol–water partition coefficient (Wildman–Crippen LogP) is 2.49. The maximum absolute atomic E-state index is 11.9. The number of amides is 2. The van der Waals surface area contributed by atoms with Gasteiger partial charge in [0.1, 0.15) is 0 Å². The van der Waals surface area contributed by atoms with Crippen molar-refractivity contribution in [3.05, 3.63) is 28.8 Å². The van der Waals surface area contributed by atoms with E-state index in [9.17, 15) is 9.59 Å². The van der Waals surface area contributed by atoms with Crippen LogP contribution in [0.3, 0.4) is 0 Å². The Kier molecular flexibility index (Phi) is 5.74. The molecule has 0 saturated carbocycles. The SMILES string of the molecule is CCC(=O)NCCN(C(C)=O)c1c(C)cc(C)cc1C. The van der Waals surface area contributed by atoms with Gasteiger partial charge in [0.2, 0.25) is 11.8 Å². The summed E-state index contributed by atoms with van der Waals surface area (Å²) in [6.07, 6.45) is 0.461. The number of nitrogens with one attached hydrogen (secondary N) is 1. The first-order valence-electron chi connectivity index (χ1n) is 6.99. The number of benzene rings is 1. The molecule has 4 heteroatoms. The van der Waals surface area contributed by atoms with Gasteiger partial charge in [-0.3, -0.25) is 9.59 Å². The van der Waals surface area contributed by atoms with Gasteiger partial charge in [-0.25, -0.2) is 0 Å². The van der Waals surface area contributed by atoms with Crippen LogP contribution >= 0.6 is 0 Å². The summed E-state index contributed by atoms with van der Waals surface area (Å²) in [5, 5.41) is 2.80. The zero-order valence-electron chi connectivity index (χ0n) is 13.0. The average molecular weight is 276 g/mol. The summed E-state index contributed by atoms with van der Waals surface area (Å²) in [5.74, 6) is -0.00310. The number of carbonyl (C=O) groups excluding carboxylic acids is 2. The fraction of sp³-hybridized carbons (Fsp3) is 0.500. The monoisotopic (exact) mass is 276 g/mol. The number of nitrogens with zero attached hydrogens (tertiary/aromatic N) is 1. The molecular weight excluding hydrogens is 252 g/mol. The molecule has 0 heterocycles. The van der Waals surface area contributed by atoms with Crippen LogP contribution in [0.25, 0.3) is 0 Å². The smallest absolute Gasteiger partial charge is 0.223 e. The minimum absolute atomic E-state index is 0.00542. The summed E-state index contributed by atoms with van der Waals surface area (Å²) >= 11 is 0. The van der Waals surface area contributed by atoms with Gasteiger partial charge in [0, 0.05) is 32.1 Å². The lowest BCUT2D eigenvalue weighted by molar-refractivity contribution is -0.121. The van der Waals surface area contributed by atoms with Crippen LogP contribution in [-0.4, -0.2) is 24.9 Å². The van der Waals surface area contributed by atoms with E-state index in [0.717, 1.165) is 16.8 Å². The van der Waals surface area contributed by atoms with Crippen molar-refractivity contribution in [1.29, 1.82) is 0 Å². The molecule has 1 aromatic carbocycles. The summed E-state index contributed by atoms with van der Waals surface area (Å²) in [7, 11) is 0. The highest BCUT2D eigenvalue weighted by atomic mass is 16.2. The van der Waals surface area contributed by atoms with E-state index in [1.807, 2.05) is 27.7 Å². The lowest BCUT2D eigenvalue weighted by atomic mass is 10.0. The van der Waals surface area contributed by atoms with Gasteiger partial charge in [-0.15, -0.1) is 0 Å². The maximum atomic E-state index is 11.9. The van der Waals surface area contributed by atoms with E-state index in [4.69, 9.17) is 0 Å². The van der Waals surface area contributed by atoms with Crippen molar-refractivity contribution >= 4 is 17.5 Å². The van der Waals surface area contributed by atoms with E-state index in [-0.39, 0.29) is 11.8 Å². The Balaban J connectivity index is 2.92. The molecule has 4 nitrogen and oxygen atoms in total. The summed E-state index contributed by atoms with van der Waals surface area (Å²) in [4.78, 5) is 24.9. The molecular formula is C16H24N2O2. The first kappa shape index (κ1) is 16.2. The van der Waals surface area contributed by atoms with Crippen LogP contribution in [-0.2, 0) is 9.59 Å². The van der Waals surface area contributed by atoms with Crippen molar-refractivity contribution in [2.75, 3.05) is 18.0 Å². The quantitative estimate of drug-likeness (QED) is 0.898. The van der Waals surface area contributed by atoms with Gasteiger partial charge in [0.15, 0.2) is 0 Å². The summed E-state index contributed by atoms with van der Waals surface area (Å²) in [6.45, 7) is 10.4. The molecule has 1 rings (SSSR count). The molecule has 0 saturated heterocycles. The highest BCUT2D eigenvalue weighted by Gasteiger charge is 2.16. The lowest BCUT2D eigenvalue weighted by Crippen LogP contribution is -2.38. The molecule has 0 spiro atoms. The Labute approximate surface area is 121 Å². The van der Waals surface area contributed by atoms with E-state index >= 15 is 0 Å². The van der Waals surface area contributed by atoms with Gasteiger partial charge >= 0.3 is 0 Å². The molecule has 0 radical (unpaired) electrons. The van der Waals surface area contributed by atoms with Crippen molar-refractivity contribution in [1.82, 2.24) is 5.32 Å². The van der Waals surface area contributed by atoms with Crippen molar-refractivity contribution < 1.29 is 9.59 Å². The van der Waals surface area contributed by atoms with Crippen LogP contribution in [0.1, 0.15) is 37.0 Å². The number of anilines is 1. The van der Waals surface area contributed by atoms with Crippen molar-refractivity contribution in [3.63, 3.8) is 0 Å². The molecule has 0 aliphatic carbocycles. The van der Waals surface area contributed by atoms with Crippen molar-refractivity contribution in [3.8, 4) is 0 Å². The van der Waals surface area contributed by atoms with Gasteiger partial charge in [0.25, 0.3) is 0 Å². The Morgan fingerprint density at radius 2 is 1.70 bits per heavy atom. The zero-order valence-corrected chi connectivity index (χ0v) is 13.0. The van der Waals surface area contributed by atoms with Crippen LogP contribution < -0.4 is 10.2 Å². The second kappa shape index (κ2) is 7.08. The number of aryl methyl sites for hydroxylation is 3. The standard InChI is InChI=1S/C16H24N2O2/c1-6-15(20)17-7-8-18(14(5)19)16-12(3)9-11(2)10-13(16)4/h9-10H,6-8H2,1-5H3,(H,17,20). The van der Waals surface area contributed by atoms with Crippen LogP contribution in [0.5, 0.6) is 0 Å². The second-order valence-electron chi connectivity index (χ2n) is 5.12. The molecule has 0 fully saturated rings. The fourth-order valence-corrected chi connectivity index (χ4v) is 2.46. The molecule has 1 N–H and O–H groups in total. The summed E-state index contributed by atoms with van der Waals surface area (Å²) in [5.41, 5.74) is 4.31. The largest absolute Gasteiger partial charge is 0.354 e. The normalized spacial score (nSPS) is 10.2. The third kappa shape index (κ3) is 4.08. The highest BCUT2D eigenvalue weighted by molar-refractivity contribution is 5.93. The average Bonchev–Trinajstić information content (AvgIpc) is 2.35. The lowest BCUT2D eigenvalue weighted by Gasteiger charge is -2.25. The Morgan fingerprint density at radius 1 is 1.15 bits per heavy atom. The van der Waals surface area contributed by atoms with Gasteiger partial charge in [-0.2, -0.15) is 0 Å². The van der Waals surface area contributed by atoms with E-state index in [1.54, 1.807) is 11.8 Å². The Hall–Kier alpha value is -1.84. The van der Waals surface area contributed by atoms with E-state index in [0.29, 0.717) is 19.5 Å². The van der Waals surface area contributed by atoms with E-state index in [2.05, 4.69) is 17.4 Å². The molecule has 110 valence electrons. The molecule has 0 aliphatic heterocycles. The minimum Gasteiger partial charge on any atom is -0.354 e. The van der Waals surface area contributed by atoms with Gasteiger partial charge in [0.05, 0.1) is 0 Å². The highest BCUT2D eigenvalue weighted by Crippen LogP contribution is 2.26. The van der Waals surface area contributed by atoms with Crippen molar-refractivity contribution in [2.45, 2.75) is 41.0 Å². The van der Waals surface area contributed by atoms with E-state index in [1.165, 1.54) is 5.56 Å². The van der Waals surface area contributed by atoms with Gasteiger partial charge in [-0.1, -0.05) is 24.6 Å². The number of hydrogen-bond donors (Lipinski definition) is 1. The Bertz CT molecular complexity index is 486. The molecule has 0 atom stereocenters. The predicted molar refractivity (Wildman–Crippen MR) is 82.0 cm³/mol. The molecule has 0 aliphatic rings. The number of rotatable bonds is 5. The number of hydrogen-bond acceptors (Lipinski definition) is 2. The first-order chi connectivity index (χ1) is 9.36. The molecule has 0 unspecified atom stereocenters. The van der Waals surface area contributed by atoms with Gasteiger partial charge in [-0.05, 0) is 31.9 Å². The first-order valence-corrected chi connectivity index (χ1v) is 6.99. The summed E-state index contributed by atoms with van der Waals surface area (Å²) in [6, 6.07) is 4.14. The summed E-state index contributed by atoms with van der Waals surface area (Å²) < 4.78 is 0. The van der Waals surface area contributed by atoms with E-state index < -0.39 is 0 Å². The molecule has 0 bridgehead atoms. The fourth-order valence-electron chi connectivity index (χ4n) is 2.46. The third-order valence-electron chi connectivity index (χ3n) is 3.26. The Morgan fingerprint density at radius 3 is 2.15 bits per heavy atom. The van der Waals surface area contributed by atoms with Crippen molar-refractivity contribution in [2.24, 2.45) is 0 Å². The zero-order chi connectivity index (χ0) is 15.3. The maximum Gasteiger partial charge on any atom is 0.223 e. The topological polar surface area (TPSA) is 49.4 Å². The van der Waals surface area contributed by atoms with Crippen LogP contribution in [0.15, 0.2) is 12.1 Å². The van der Waals surface area contributed by atoms with Gasteiger partial charge < -0.3 is 10.2 Å². The number of carbonyl (C=O) groups is 2. The molecule has 1 aromatic rings. The third-order valence-corrected chi connectivity index (χ3v) is 3.26. The molecule has 20 heavy (non-hydrogen) atoms. The molecule has 0 aromatic heterocycles. The van der Waals surface area contributed by atoms with Crippen LogP contribution in [0.4, 0.5) is 5.69 Å². The van der Waals surface area contributed by atoms with Crippen LogP contribution in [0, 0.1) is 20.8 Å². The van der Waals surface area contributed by atoms with Crippen LogP contribution in [0.2, 0.25) is 0 Å².